The Morgan fingerprint density at radius 1 is 0.914 bits per heavy atom. The smallest absolute Gasteiger partial charge is 0.141 e. The van der Waals surface area contributed by atoms with E-state index in [2.05, 4.69) is 13.8 Å². The van der Waals surface area contributed by atoms with Crippen LogP contribution in [-0.4, -0.2) is 51.1 Å². The SMILES string of the molecule is CC(C)(O)C(O)CC[C@@H](CO)[C@H]1CC[C@@]2(C)[C@@H]3CC[C@@H]4[C@@]5(CCC(=O)[C@@]4(C)CO)C[C@@]35CC[C@]12C. The zero-order valence-electron chi connectivity index (χ0n) is 22.8. The first-order chi connectivity index (χ1) is 16.3. The average Bonchev–Trinajstić information content (AvgIpc) is 3.40. The Hall–Kier alpha value is -0.490. The van der Waals surface area contributed by atoms with Crippen LogP contribution >= 0.6 is 0 Å². The predicted molar refractivity (Wildman–Crippen MR) is 135 cm³/mol. The van der Waals surface area contributed by atoms with Crippen molar-refractivity contribution in [3.63, 3.8) is 0 Å². The van der Waals surface area contributed by atoms with Crippen molar-refractivity contribution in [1.82, 2.24) is 0 Å². The summed E-state index contributed by atoms with van der Waals surface area (Å²) in [6.07, 6.45) is 10.3. The fourth-order valence-corrected chi connectivity index (χ4v) is 11.1. The maximum absolute atomic E-state index is 12.9. The number of aliphatic hydroxyl groups excluding tert-OH is 3. The normalized spacial score (nSPS) is 50.5. The summed E-state index contributed by atoms with van der Waals surface area (Å²) in [5.74, 6) is 1.86. The molecule has 5 aliphatic carbocycles. The Balaban J connectivity index is 1.39. The predicted octanol–water partition coefficient (Wildman–Crippen LogP) is 4.49. The second kappa shape index (κ2) is 8.01. The van der Waals surface area contributed by atoms with Crippen LogP contribution in [0.25, 0.3) is 0 Å². The molecule has 5 saturated carbocycles. The number of hydrogen-bond donors (Lipinski definition) is 4. The Labute approximate surface area is 212 Å². The summed E-state index contributed by atoms with van der Waals surface area (Å²) in [5.41, 5.74) is -0.704. The van der Waals surface area contributed by atoms with E-state index in [1.807, 2.05) is 6.92 Å². The molecule has 200 valence electrons. The van der Waals surface area contributed by atoms with Crippen molar-refractivity contribution in [2.45, 2.75) is 117 Å². The standard InChI is InChI=1S/C30H50O5/c1-25(2,35)23(33)9-6-19(16-31)20-10-12-28(5)22-8-7-21-26(3,18-32)24(34)11-13-29(21)17-30(22,29)15-14-27(20,28)4/h19-23,31-33,35H,6-18H2,1-5H3/t19-,20+,21-,22-,23?,26-,27+,28-,29+,30-/m0/s1. The Bertz CT molecular complexity index is 865. The Morgan fingerprint density at radius 2 is 1.57 bits per heavy atom. The van der Waals surface area contributed by atoms with Gasteiger partial charge in [0.25, 0.3) is 0 Å². The van der Waals surface area contributed by atoms with Gasteiger partial charge in [-0.05, 0) is 123 Å². The van der Waals surface area contributed by atoms with Gasteiger partial charge in [0.15, 0.2) is 0 Å². The average molecular weight is 491 g/mol. The molecule has 2 spiro atoms. The lowest BCUT2D eigenvalue weighted by Gasteiger charge is -2.62. The van der Waals surface area contributed by atoms with E-state index in [-0.39, 0.29) is 41.2 Å². The maximum atomic E-state index is 12.9. The zero-order valence-corrected chi connectivity index (χ0v) is 22.8. The number of carbonyl (C=O) groups excluding carboxylic acids is 1. The lowest BCUT2D eigenvalue weighted by atomic mass is 9.41. The highest BCUT2D eigenvalue weighted by atomic mass is 16.3. The molecule has 0 saturated heterocycles. The maximum Gasteiger partial charge on any atom is 0.141 e. The van der Waals surface area contributed by atoms with Crippen LogP contribution in [0, 0.1) is 50.7 Å². The molecule has 1 unspecified atom stereocenters. The highest BCUT2D eigenvalue weighted by molar-refractivity contribution is 5.86. The molecule has 5 aliphatic rings. The molecule has 0 aromatic heterocycles. The third kappa shape index (κ3) is 3.23. The van der Waals surface area contributed by atoms with E-state index >= 15 is 0 Å². The molecule has 0 radical (unpaired) electrons. The molecule has 0 bridgehead atoms. The van der Waals surface area contributed by atoms with Crippen molar-refractivity contribution >= 4 is 5.78 Å². The van der Waals surface area contributed by atoms with Crippen LogP contribution in [-0.2, 0) is 4.79 Å². The van der Waals surface area contributed by atoms with Gasteiger partial charge < -0.3 is 20.4 Å². The van der Waals surface area contributed by atoms with Gasteiger partial charge in [-0.1, -0.05) is 20.8 Å². The van der Waals surface area contributed by atoms with E-state index in [0.717, 1.165) is 32.1 Å². The minimum Gasteiger partial charge on any atom is -0.396 e. The minimum atomic E-state index is -1.12. The van der Waals surface area contributed by atoms with E-state index < -0.39 is 17.1 Å². The van der Waals surface area contributed by atoms with Gasteiger partial charge in [0, 0.05) is 13.0 Å². The molecular formula is C30H50O5. The molecule has 5 heteroatoms. The Morgan fingerprint density at radius 3 is 2.20 bits per heavy atom. The fraction of sp³-hybridized carbons (Fsp3) is 0.967. The highest BCUT2D eigenvalue weighted by Crippen LogP contribution is 2.88. The number of rotatable bonds is 7. The van der Waals surface area contributed by atoms with Crippen LogP contribution in [0.1, 0.15) is 105 Å². The third-order valence-electron chi connectivity index (χ3n) is 13.5. The van der Waals surface area contributed by atoms with Crippen molar-refractivity contribution in [2.75, 3.05) is 13.2 Å². The van der Waals surface area contributed by atoms with Gasteiger partial charge >= 0.3 is 0 Å². The molecule has 35 heavy (non-hydrogen) atoms. The minimum absolute atomic E-state index is 0.00920. The number of hydrogen-bond acceptors (Lipinski definition) is 5. The van der Waals surface area contributed by atoms with Crippen molar-refractivity contribution in [1.29, 1.82) is 0 Å². The lowest BCUT2D eigenvalue weighted by Crippen LogP contribution is -2.58. The topological polar surface area (TPSA) is 98.0 Å². The van der Waals surface area contributed by atoms with Crippen molar-refractivity contribution in [3.05, 3.63) is 0 Å². The highest BCUT2D eigenvalue weighted by Gasteiger charge is 2.82. The van der Waals surface area contributed by atoms with E-state index in [1.54, 1.807) is 13.8 Å². The summed E-state index contributed by atoms with van der Waals surface area (Å²) < 4.78 is 0. The summed E-state index contributed by atoms with van der Waals surface area (Å²) in [6.45, 7) is 10.5. The molecule has 0 amide bonds. The summed E-state index contributed by atoms with van der Waals surface area (Å²) in [6, 6.07) is 0. The molecule has 0 aliphatic heterocycles. The van der Waals surface area contributed by atoms with Gasteiger partial charge in [-0.15, -0.1) is 0 Å². The largest absolute Gasteiger partial charge is 0.396 e. The van der Waals surface area contributed by atoms with Crippen molar-refractivity contribution in [3.8, 4) is 0 Å². The lowest BCUT2D eigenvalue weighted by molar-refractivity contribution is -0.164. The first kappa shape index (κ1) is 26.1. The second-order valence-electron chi connectivity index (χ2n) is 14.8. The van der Waals surface area contributed by atoms with E-state index in [4.69, 9.17) is 0 Å². The van der Waals surface area contributed by atoms with Crippen LogP contribution in [0.2, 0.25) is 0 Å². The van der Waals surface area contributed by atoms with Gasteiger partial charge in [-0.25, -0.2) is 0 Å². The number of aliphatic hydroxyl groups is 4. The monoisotopic (exact) mass is 490 g/mol. The molecule has 0 heterocycles. The van der Waals surface area contributed by atoms with E-state index in [0.29, 0.717) is 36.0 Å². The van der Waals surface area contributed by atoms with Crippen molar-refractivity contribution < 1.29 is 25.2 Å². The van der Waals surface area contributed by atoms with Crippen molar-refractivity contribution in [2.24, 2.45) is 50.7 Å². The van der Waals surface area contributed by atoms with Gasteiger partial charge in [-0.3, -0.25) is 4.79 Å². The summed E-state index contributed by atoms with van der Waals surface area (Å²) in [7, 11) is 0. The summed E-state index contributed by atoms with van der Waals surface area (Å²) >= 11 is 0. The third-order valence-corrected chi connectivity index (χ3v) is 13.5. The summed E-state index contributed by atoms with van der Waals surface area (Å²) in [4.78, 5) is 12.9. The quantitative estimate of drug-likeness (QED) is 0.422. The first-order valence-corrected chi connectivity index (χ1v) is 14.4. The molecule has 0 aromatic carbocycles. The molecule has 5 fully saturated rings. The molecule has 10 atom stereocenters. The number of Topliss-reactive ketones (excluding diaryl/α,β-unsaturated/α-hetero) is 1. The van der Waals surface area contributed by atoms with Crippen LogP contribution in [0.3, 0.4) is 0 Å². The molecule has 0 aromatic rings. The molecule has 5 rings (SSSR count). The van der Waals surface area contributed by atoms with Crippen LogP contribution in [0.4, 0.5) is 0 Å². The van der Waals surface area contributed by atoms with Crippen LogP contribution in [0.5, 0.6) is 0 Å². The number of fused-ring (bicyclic) bond motifs is 2. The molecule has 4 N–H and O–H groups in total. The van der Waals surface area contributed by atoms with Crippen LogP contribution in [0.15, 0.2) is 0 Å². The number of carbonyl (C=O) groups is 1. The summed E-state index contributed by atoms with van der Waals surface area (Å²) in [5, 5.41) is 41.4. The van der Waals surface area contributed by atoms with Gasteiger partial charge in [0.05, 0.1) is 23.7 Å². The van der Waals surface area contributed by atoms with Gasteiger partial charge in [0.2, 0.25) is 0 Å². The number of ketones is 1. The fourth-order valence-electron chi connectivity index (χ4n) is 11.1. The second-order valence-corrected chi connectivity index (χ2v) is 14.8. The first-order valence-electron chi connectivity index (χ1n) is 14.4. The zero-order chi connectivity index (χ0) is 25.7. The van der Waals surface area contributed by atoms with Crippen LogP contribution < -0.4 is 0 Å². The van der Waals surface area contributed by atoms with E-state index in [1.165, 1.54) is 25.7 Å². The Kier molecular flexibility index (Phi) is 5.98. The van der Waals surface area contributed by atoms with Gasteiger partial charge in [-0.2, -0.15) is 0 Å². The van der Waals surface area contributed by atoms with E-state index in [9.17, 15) is 25.2 Å². The molecule has 5 nitrogen and oxygen atoms in total. The van der Waals surface area contributed by atoms with Gasteiger partial charge in [0.1, 0.15) is 5.78 Å². The molecular weight excluding hydrogens is 440 g/mol.